The lowest BCUT2D eigenvalue weighted by Crippen LogP contribution is -1.92. The van der Waals surface area contributed by atoms with Crippen LogP contribution in [0.25, 0.3) is 0 Å². The van der Waals surface area contributed by atoms with E-state index in [1.165, 1.54) is 0 Å². The number of hydrogen-bond acceptors (Lipinski definition) is 1. The van der Waals surface area contributed by atoms with Gasteiger partial charge in [0.05, 0.1) is 0 Å². The first-order valence-corrected chi connectivity index (χ1v) is 8.02. The van der Waals surface area contributed by atoms with Crippen molar-refractivity contribution in [3.8, 4) is 11.8 Å². The van der Waals surface area contributed by atoms with E-state index in [4.69, 9.17) is 5.11 Å². The molecule has 0 aliphatic heterocycles. The molecule has 0 radical (unpaired) electrons. The zero-order valence-corrected chi connectivity index (χ0v) is 14.4. The van der Waals surface area contributed by atoms with E-state index in [1.54, 1.807) is 11.1 Å². The fourth-order valence-electron chi connectivity index (χ4n) is 1.18. The van der Waals surface area contributed by atoms with Gasteiger partial charge in [-0.05, 0) is 36.4 Å². The average Bonchev–Trinajstić information content (AvgIpc) is 2.40. The normalized spacial score (nSPS) is 12.2. The maximum atomic E-state index is 10.3. The number of carboxylic acid groups (broad SMARTS) is 1. The van der Waals surface area contributed by atoms with E-state index in [1.807, 2.05) is 18.2 Å². The van der Waals surface area contributed by atoms with Gasteiger partial charge in [-0.1, -0.05) is 68.0 Å². The summed E-state index contributed by atoms with van der Waals surface area (Å²) in [6.07, 6.45) is 15.1. The second-order valence-electron chi connectivity index (χ2n) is 3.81. The molecule has 4 heteroatoms. The number of rotatable bonds is 8. The molecular formula is C16H18Br2O2. The van der Waals surface area contributed by atoms with Gasteiger partial charge in [0.15, 0.2) is 0 Å². The van der Waals surface area contributed by atoms with Gasteiger partial charge in [-0.25, -0.2) is 0 Å². The zero-order valence-electron chi connectivity index (χ0n) is 11.2. The highest BCUT2D eigenvalue weighted by molar-refractivity contribution is 9.12. The van der Waals surface area contributed by atoms with Gasteiger partial charge in [0.1, 0.15) is 0 Å². The molecule has 0 aromatic heterocycles. The van der Waals surface area contributed by atoms with Crippen molar-refractivity contribution in [2.24, 2.45) is 0 Å². The molecule has 0 unspecified atom stereocenters. The van der Waals surface area contributed by atoms with Crippen molar-refractivity contribution >= 4 is 37.8 Å². The summed E-state index contributed by atoms with van der Waals surface area (Å²) in [7, 11) is 0. The Morgan fingerprint density at radius 3 is 2.75 bits per heavy atom. The topological polar surface area (TPSA) is 37.3 Å². The average molecular weight is 402 g/mol. The third-order valence-electron chi connectivity index (χ3n) is 2.12. The minimum Gasteiger partial charge on any atom is -0.481 e. The Morgan fingerprint density at radius 1 is 1.25 bits per heavy atom. The Kier molecular flexibility index (Phi) is 13.6. The van der Waals surface area contributed by atoms with E-state index in [0.29, 0.717) is 12.8 Å². The Bertz CT molecular complexity index is 449. The summed E-state index contributed by atoms with van der Waals surface area (Å²) in [5.74, 6) is 5.02. The van der Waals surface area contributed by atoms with Crippen LogP contribution in [-0.4, -0.2) is 11.1 Å². The van der Waals surface area contributed by atoms with Gasteiger partial charge < -0.3 is 5.11 Å². The molecule has 0 bridgehead atoms. The molecule has 20 heavy (non-hydrogen) atoms. The molecule has 0 spiro atoms. The van der Waals surface area contributed by atoms with Gasteiger partial charge in [0, 0.05) is 17.3 Å². The van der Waals surface area contributed by atoms with E-state index >= 15 is 0 Å². The van der Waals surface area contributed by atoms with Gasteiger partial charge >= 0.3 is 5.97 Å². The second kappa shape index (κ2) is 14.4. The summed E-state index contributed by atoms with van der Waals surface area (Å²) in [5.41, 5.74) is 0. The van der Waals surface area contributed by atoms with Crippen LogP contribution in [0, 0.1) is 11.8 Å². The van der Waals surface area contributed by atoms with Gasteiger partial charge in [-0.2, -0.15) is 0 Å². The second-order valence-corrected chi connectivity index (χ2v) is 5.26. The molecule has 0 aromatic rings. The predicted octanol–water partition coefficient (Wildman–Crippen LogP) is 5.32. The van der Waals surface area contributed by atoms with Gasteiger partial charge in [0.25, 0.3) is 0 Å². The fourth-order valence-corrected chi connectivity index (χ4v) is 2.18. The molecule has 0 rings (SSSR count). The number of aliphatic carboxylic acids is 1. The molecule has 108 valence electrons. The molecule has 0 amide bonds. The summed E-state index contributed by atoms with van der Waals surface area (Å²) in [4.78, 5) is 12.1. The number of halogens is 2. The van der Waals surface area contributed by atoms with Crippen LogP contribution in [0.2, 0.25) is 0 Å². The highest BCUT2D eigenvalue weighted by atomic mass is 79.9. The number of allylic oxidation sites excluding steroid dienone is 7. The Labute approximate surface area is 137 Å². The van der Waals surface area contributed by atoms with Crippen LogP contribution in [0.15, 0.2) is 45.9 Å². The molecule has 0 saturated carbocycles. The van der Waals surface area contributed by atoms with Crippen LogP contribution in [0.5, 0.6) is 0 Å². The van der Waals surface area contributed by atoms with Crippen LogP contribution in [-0.2, 0) is 4.79 Å². The Morgan fingerprint density at radius 2 is 2.05 bits per heavy atom. The number of hydrogen-bond donors (Lipinski definition) is 1. The number of carbonyl (C=O) groups is 1. The predicted molar refractivity (Wildman–Crippen MR) is 91.9 cm³/mol. The van der Waals surface area contributed by atoms with E-state index in [0.717, 1.165) is 17.3 Å². The van der Waals surface area contributed by atoms with Crippen LogP contribution < -0.4 is 0 Å². The Hall–Kier alpha value is -1.05. The van der Waals surface area contributed by atoms with Crippen LogP contribution in [0.4, 0.5) is 0 Å². The van der Waals surface area contributed by atoms with E-state index < -0.39 is 5.97 Å². The van der Waals surface area contributed by atoms with Crippen molar-refractivity contribution < 1.29 is 9.90 Å². The first kappa shape index (κ1) is 18.9. The molecule has 0 fully saturated rings. The number of carboxylic acids is 1. The van der Waals surface area contributed by atoms with E-state index in [-0.39, 0.29) is 6.42 Å². The lowest BCUT2D eigenvalue weighted by Gasteiger charge is -1.88. The van der Waals surface area contributed by atoms with Crippen molar-refractivity contribution in [3.63, 3.8) is 0 Å². The smallest absolute Gasteiger partial charge is 0.303 e. The molecule has 1 N–H and O–H groups in total. The largest absolute Gasteiger partial charge is 0.481 e. The molecule has 0 aromatic carbocycles. The maximum Gasteiger partial charge on any atom is 0.303 e. The molecule has 2 nitrogen and oxygen atoms in total. The highest BCUT2D eigenvalue weighted by Gasteiger charge is 1.92. The molecule has 0 atom stereocenters. The minimum absolute atomic E-state index is 0.186. The van der Waals surface area contributed by atoms with Crippen molar-refractivity contribution in [2.45, 2.75) is 32.1 Å². The Balaban J connectivity index is 3.69. The molecule has 0 heterocycles. The van der Waals surface area contributed by atoms with Crippen molar-refractivity contribution in [1.82, 2.24) is 0 Å². The lowest BCUT2D eigenvalue weighted by atomic mass is 10.2. The number of unbranched alkanes of at least 4 members (excludes halogenated alkanes) is 2. The first-order valence-electron chi connectivity index (χ1n) is 6.31. The van der Waals surface area contributed by atoms with E-state index in [9.17, 15) is 4.79 Å². The lowest BCUT2D eigenvalue weighted by molar-refractivity contribution is -0.137. The van der Waals surface area contributed by atoms with Crippen molar-refractivity contribution in [3.05, 3.63) is 45.9 Å². The van der Waals surface area contributed by atoms with Crippen molar-refractivity contribution in [1.29, 1.82) is 0 Å². The quantitative estimate of drug-likeness (QED) is 0.339. The summed E-state index contributed by atoms with van der Waals surface area (Å²) in [6, 6.07) is 0. The molecular weight excluding hydrogens is 384 g/mol. The van der Waals surface area contributed by atoms with Crippen LogP contribution in [0.1, 0.15) is 32.1 Å². The van der Waals surface area contributed by atoms with Gasteiger partial charge in [-0.3, -0.25) is 4.79 Å². The zero-order chi connectivity index (χ0) is 15.1. The summed E-state index contributed by atoms with van der Waals surface area (Å²) in [5, 5.41) is 8.44. The minimum atomic E-state index is -0.766. The standard InChI is InChI=1S/C16H18Br2O2/c17-14-13-15(18)11-9-7-5-3-1-2-4-6-8-10-12-16(19)20/h1-3,5,11,13-14H,7-10,12H2,(H,19,20)/b2-1+,5-3+,14-13-,15-11+. The fraction of sp³-hybridized carbons (Fsp3) is 0.312. The molecule has 0 saturated heterocycles. The summed E-state index contributed by atoms with van der Waals surface area (Å²) >= 11 is 6.64. The van der Waals surface area contributed by atoms with Crippen LogP contribution in [0.3, 0.4) is 0 Å². The third kappa shape index (κ3) is 15.0. The van der Waals surface area contributed by atoms with Gasteiger partial charge in [-0.15, -0.1) is 0 Å². The van der Waals surface area contributed by atoms with Crippen molar-refractivity contribution in [2.75, 3.05) is 0 Å². The van der Waals surface area contributed by atoms with Gasteiger partial charge in [0.2, 0.25) is 0 Å². The molecule has 0 aliphatic carbocycles. The summed E-state index contributed by atoms with van der Waals surface area (Å²) in [6.45, 7) is 0. The third-order valence-corrected chi connectivity index (χ3v) is 2.97. The molecule has 0 aliphatic rings. The van der Waals surface area contributed by atoms with Crippen LogP contribution >= 0.6 is 31.9 Å². The first-order chi connectivity index (χ1) is 9.66. The monoisotopic (exact) mass is 400 g/mol. The SMILES string of the molecule is O=C(O)CCCC#C/C=C/C=C/CC/C=C(Br)\C=C/Br. The van der Waals surface area contributed by atoms with E-state index in [2.05, 4.69) is 55.9 Å². The highest BCUT2D eigenvalue weighted by Crippen LogP contribution is 2.10. The maximum absolute atomic E-state index is 10.3. The summed E-state index contributed by atoms with van der Waals surface area (Å²) < 4.78 is 1.06.